The molecule has 38 heavy (non-hydrogen) atoms. The van der Waals surface area contributed by atoms with Gasteiger partial charge in [-0.15, -0.1) is 11.3 Å². The highest BCUT2D eigenvalue weighted by atomic mass is 35.5. The van der Waals surface area contributed by atoms with Crippen LogP contribution in [-0.4, -0.2) is 79.4 Å². The van der Waals surface area contributed by atoms with Gasteiger partial charge in [-0.3, -0.25) is 14.4 Å². The predicted molar refractivity (Wildman–Crippen MR) is 143 cm³/mol. The first-order chi connectivity index (χ1) is 18.0. The van der Waals surface area contributed by atoms with Crippen LogP contribution in [0.4, 0.5) is 0 Å². The van der Waals surface area contributed by atoms with Gasteiger partial charge < -0.3 is 19.6 Å². The standard InChI is InChI=1S/C24H30ClN5O6S2/c1-15-22(16(2)36-27-15)23(32)26-13-17-5-3-11-30(17)21(31)14-29-10-4-6-19(24(29)33)28-38(34,35)12-9-18-7-8-20(25)37-18/h7-9,12,17,19,28H,3-6,10-11,13-14H2,1-2H3,(H,26,32)/b12-9+. The molecular formula is C24H30ClN5O6S2. The van der Waals surface area contributed by atoms with Crippen LogP contribution in [0.2, 0.25) is 4.34 Å². The molecule has 2 saturated heterocycles. The minimum absolute atomic E-state index is 0.144. The zero-order valence-corrected chi connectivity index (χ0v) is 23.5. The average molecular weight is 584 g/mol. The monoisotopic (exact) mass is 583 g/mol. The second-order valence-corrected chi connectivity index (χ2v) is 12.7. The summed E-state index contributed by atoms with van der Waals surface area (Å²) in [7, 11) is -3.88. The van der Waals surface area contributed by atoms with Gasteiger partial charge in [0.15, 0.2) is 0 Å². The SMILES string of the molecule is Cc1noc(C)c1C(=O)NCC1CCCN1C(=O)CN1CCCC(NS(=O)(=O)/C=C/c2ccc(Cl)s2)C1=O. The van der Waals surface area contributed by atoms with E-state index >= 15 is 0 Å². The summed E-state index contributed by atoms with van der Waals surface area (Å²) >= 11 is 7.12. The first-order valence-electron chi connectivity index (χ1n) is 12.3. The fourth-order valence-corrected chi connectivity index (χ4v) is 6.82. The Morgan fingerprint density at radius 3 is 2.68 bits per heavy atom. The molecular weight excluding hydrogens is 554 g/mol. The van der Waals surface area contributed by atoms with Crippen LogP contribution in [-0.2, 0) is 19.6 Å². The lowest BCUT2D eigenvalue weighted by Gasteiger charge is -2.34. The molecule has 3 amide bonds. The van der Waals surface area contributed by atoms with E-state index in [0.717, 1.165) is 18.2 Å². The molecule has 0 bridgehead atoms. The molecule has 2 atom stereocenters. The van der Waals surface area contributed by atoms with Gasteiger partial charge in [0.2, 0.25) is 21.8 Å². The Morgan fingerprint density at radius 1 is 1.24 bits per heavy atom. The van der Waals surface area contributed by atoms with Crippen LogP contribution in [0.5, 0.6) is 0 Å². The Morgan fingerprint density at radius 2 is 2.00 bits per heavy atom. The molecule has 0 aromatic carbocycles. The van der Waals surface area contributed by atoms with Gasteiger partial charge in [0, 0.05) is 36.0 Å². The number of thiophene rings is 1. The second-order valence-electron chi connectivity index (χ2n) is 9.35. The number of piperidine rings is 1. The Hall–Kier alpha value is -2.74. The van der Waals surface area contributed by atoms with Gasteiger partial charge >= 0.3 is 0 Å². The molecule has 0 saturated carbocycles. The summed E-state index contributed by atoms with van der Waals surface area (Å²) in [5.74, 6) is -0.536. The minimum Gasteiger partial charge on any atom is -0.361 e. The number of carbonyl (C=O) groups excluding carboxylic acids is 3. The Labute approximate surface area is 230 Å². The number of aromatic nitrogens is 1. The minimum atomic E-state index is -3.88. The maximum atomic E-state index is 13.1. The Bertz CT molecular complexity index is 1320. The quantitative estimate of drug-likeness (QED) is 0.461. The van der Waals surface area contributed by atoms with E-state index < -0.39 is 22.0 Å². The predicted octanol–water partition coefficient (Wildman–Crippen LogP) is 2.31. The summed E-state index contributed by atoms with van der Waals surface area (Å²) in [4.78, 5) is 42.5. The zero-order chi connectivity index (χ0) is 27.4. The molecule has 0 aliphatic carbocycles. The van der Waals surface area contributed by atoms with E-state index in [1.54, 1.807) is 30.9 Å². The number of rotatable bonds is 9. The van der Waals surface area contributed by atoms with E-state index in [4.69, 9.17) is 16.1 Å². The molecule has 0 spiro atoms. The van der Waals surface area contributed by atoms with Crippen LogP contribution in [0.3, 0.4) is 0 Å². The summed E-state index contributed by atoms with van der Waals surface area (Å²) in [6.45, 7) is 4.38. The molecule has 11 nitrogen and oxygen atoms in total. The average Bonchev–Trinajstić information content (AvgIpc) is 3.59. The molecule has 0 radical (unpaired) electrons. The lowest BCUT2D eigenvalue weighted by Crippen LogP contribution is -2.55. The van der Waals surface area contributed by atoms with Gasteiger partial charge in [-0.25, -0.2) is 8.42 Å². The van der Waals surface area contributed by atoms with E-state index in [1.807, 2.05) is 0 Å². The second kappa shape index (κ2) is 12.0. The normalized spacial score (nSPS) is 20.4. The number of amides is 3. The van der Waals surface area contributed by atoms with Crippen molar-refractivity contribution < 1.29 is 27.3 Å². The first-order valence-corrected chi connectivity index (χ1v) is 15.0. The van der Waals surface area contributed by atoms with Crippen LogP contribution in [0.15, 0.2) is 22.1 Å². The number of nitrogens with one attached hydrogen (secondary N) is 2. The van der Waals surface area contributed by atoms with Crippen molar-refractivity contribution in [3.8, 4) is 0 Å². The smallest absolute Gasteiger partial charge is 0.256 e. The summed E-state index contributed by atoms with van der Waals surface area (Å²) in [6.07, 6.45) is 3.85. The number of carbonyl (C=O) groups is 3. The first kappa shape index (κ1) is 28.3. The Kier molecular flexibility index (Phi) is 8.91. The van der Waals surface area contributed by atoms with Crippen LogP contribution in [0.1, 0.15) is 52.4 Å². The maximum absolute atomic E-state index is 13.1. The summed E-state index contributed by atoms with van der Waals surface area (Å²) < 4.78 is 33.1. The molecule has 206 valence electrons. The molecule has 2 aliphatic heterocycles. The highest BCUT2D eigenvalue weighted by Crippen LogP contribution is 2.23. The molecule has 14 heteroatoms. The molecule has 2 N–H and O–H groups in total. The van der Waals surface area contributed by atoms with Gasteiger partial charge in [-0.2, -0.15) is 4.72 Å². The zero-order valence-electron chi connectivity index (χ0n) is 21.1. The third-order valence-electron chi connectivity index (χ3n) is 6.62. The highest BCUT2D eigenvalue weighted by Gasteiger charge is 2.35. The molecule has 4 heterocycles. The van der Waals surface area contributed by atoms with E-state index in [-0.39, 0.29) is 30.9 Å². The van der Waals surface area contributed by atoms with Crippen molar-refractivity contribution in [3.05, 3.63) is 43.8 Å². The highest BCUT2D eigenvalue weighted by molar-refractivity contribution is 7.92. The van der Waals surface area contributed by atoms with E-state index in [0.29, 0.717) is 52.2 Å². The molecule has 4 rings (SSSR count). The third-order valence-corrected chi connectivity index (χ3v) is 8.93. The van der Waals surface area contributed by atoms with Crippen LogP contribution in [0, 0.1) is 13.8 Å². The van der Waals surface area contributed by atoms with Gasteiger partial charge in [-0.1, -0.05) is 16.8 Å². The molecule has 2 fully saturated rings. The van der Waals surface area contributed by atoms with Crippen molar-refractivity contribution in [2.75, 3.05) is 26.2 Å². The van der Waals surface area contributed by atoms with E-state index in [2.05, 4.69) is 15.2 Å². The molecule has 2 unspecified atom stereocenters. The fraction of sp³-hybridized carbons (Fsp3) is 0.500. The lowest BCUT2D eigenvalue weighted by atomic mass is 10.1. The van der Waals surface area contributed by atoms with Crippen LogP contribution >= 0.6 is 22.9 Å². The summed E-state index contributed by atoms with van der Waals surface area (Å²) in [6, 6.07) is 2.23. The van der Waals surface area contributed by atoms with E-state index in [1.165, 1.54) is 22.3 Å². The van der Waals surface area contributed by atoms with Crippen LogP contribution < -0.4 is 10.0 Å². The van der Waals surface area contributed by atoms with Gasteiger partial charge in [0.25, 0.3) is 5.91 Å². The number of likely N-dealkylation sites (tertiary alicyclic amines) is 2. The number of halogens is 1. The third kappa shape index (κ3) is 6.82. The van der Waals surface area contributed by atoms with Crippen LogP contribution in [0.25, 0.3) is 6.08 Å². The number of aryl methyl sites for hydroxylation is 2. The maximum Gasteiger partial charge on any atom is 0.256 e. The van der Waals surface area contributed by atoms with E-state index in [9.17, 15) is 22.8 Å². The van der Waals surface area contributed by atoms with Gasteiger partial charge in [0.1, 0.15) is 17.4 Å². The fourth-order valence-electron chi connectivity index (χ4n) is 4.76. The van der Waals surface area contributed by atoms with Crippen molar-refractivity contribution in [2.24, 2.45) is 0 Å². The van der Waals surface area contributed by atoms with Gasteiger partial charge in [0.05, 0.1) is 16.6 Å². The molecule has 2 aromatic heterocycles. The van der Waals surface area contributed by atoms with Crippen molar-refractivity contribution in [3.63, 3.8) is 0 Å². The topological polar surface area (TPSA) is 142 Å². The van der Waals surface area contributed by atoms with Crippen molar-refractivity contribution in [1.82, 2.24) is 25.0 Å². The molecule has 2 aromatic rings. The summed E-state index contributed by atoms with van der Waals surface area (Å²) in [5.41, 5.74) is 0.891. The van der Waals surface area contributed by atoms with Crippen molar-refractivity contribution >= 4 is 56.8 Å². The number of hydrogen-bond donors (Lipinski definition) is 2. The Balaban J connectivity index is 1.32. The van der Waals surface area contributed by atoms with Gasteiger partial charge in [-0.05, 0) is 57.7 Å². The lowest BCUT2D eigenvalue weighted by molar-refractivity contribution is -0.143. The van der Waals surface area contributed by atoms with Crippen molar-refractivity contribution in [1.29, 1.82) is 0 Å². The number of hydrogen-bond acceptors (Lipinski definition) is 8. The summed E-state index contributed by atoms with van der Waals surface area (Å²) in [5, 5.41) is 7.67. The number of nitrogens with zero attached hydrogens (tertiary/aromatic N) is 3. The van der Waals surface area contributed by atoms with Crippen molar-refractivity contribution in [2.45, 2.75) is 51.6 Å². The molecule has 2 aliphatic rings. The number of sulfonamides is 1. The largest absolute Gasteiger partial charge is 0.361 e.